The summed E-state index contributed by atoms with van der Waals surface area (Å²) in [6.45, 7) is 1.68. The Balaban J connectivity index is 2.69. The van der Waals surface area contributed by atoms with E-state index in [4.69, 9.17) is 5.11 Å². The van der Waals surface area contributed by atoms with Crippen LogP contribution in [-0.2, 0) is 4.74 Å². The lowest BCUT2D eigenvalue weighted by molar-refractivity contribution is 0.150. The summed E-state index contributed by atoms with van der Waals surface area (Å²) in [5.74, 6) is 0. The quantitative estimate of drug-likeness (QED) is 0.502. The molecule has 1 aliphatic heterocycles. The Hall–Kier alpha value is -0.760. The van der Waals surface area contributed by atoms with Gasteiger partial charge in [-0.05, 0) is 19.1 Å². The van der Waals surface area contributed by atoms with Crippen LogP contribution < -0.4 is 0 Å². The highest BCUT2D eigenvalue weighted by Crippen LogP contribution is 2.10. The first-order chi connectivity index (χ1) is 3.71. The lowest BCUT2D eigenvalue weighted by atomic mass is 10.1. The zero-order valence-corrected chi connectivity index (χ0v) is 4.66. The van der Waals surface area contributed by atoms with Gasteiger partial charge in [0.05, 0.1) is 12.5 Å². The SMILES string of the molecule is CC1(O)C=COC=C1. The van der Waals surface area contributed by atoms with Gasteiger partial charge < -0.3 is 9.84 Å². The Labute approximate surface area is 48.1 Å². The molecular weight excluding hydrogens is 104 g/mol. The Morgan fingerprint density at radius 2 is 1.88 bits per heavy atom. The van der Waals surface area contributed by atoms with Crippen LogP contribution in [0.3, 0.4) is 0 Å². The molecule has 2 heteroatoms. The molecule has 0 aromatic rings. The number of hydrogen-bond acceptors (Lipinski definition) is 2. The average molecular weight is 112 g/mol. The molecule has 1 rings (SSSR count). The van der Waals surface area contributed by atoms with E-state index in [1.54, 1.807) is 19.1 Å². The lowest BCUT2D eigenvalue weighted by Crippen LogP contribution is -2.18. The molecule has 2 nitrogen and oxygen atoms in total. The largest absolute Gasteiger partial charge is 0.473 e. The van der Waals surface area contributed by atoms with Crippen molar-refractivity contribution >= 4 is 0 Å². The molecule has 0 aromatic heterocycles. The van der Waals surface area contributed by atoms with E-state index in [0.29, 0.717) is 0 Å². The predicted molar refractivity (Wildman–Crippen MR) is 30.0 cm³/mol. The van der Waals surface area contributed by atoms with Crippen LogP contribution in [0.4, 0.5) is 0 Å². The van der Waals surface area contributed by atoms with E-state index in [-0.39, 0.29) is 0 Å². The second-order valence-electron chi connectivity index (χ2n) is 1.97. The third kappa shape index (κ3) is 1.10. The Kier molecular flexibility index (Phi) is 1.10. The number of hydrogen-bond donors (Lipinski definition) is 1. The lowest BCUT2D eigenvalue weighted by Gasteiger charge is -2.14. The predicted octanol–water partition coefficient (Wildman–Crippen LogP) is 0.795. The standard InChI is InChI=1S/C6H8O2/c1-6(7)2-4-8-5-3-6/h2-5,7H,1H3. The molecule has 0 aromatic carbocycles. The summed E-state index contributed by atoms with van der Waals surface area (Å²) in [7, 11) is 0. The molecular formula is C6H8O2. The van der Waals surface area contributed by atoms with Gasteiger partial charge in [-0.1, -0.05) is 0 Å². The molecule has 0 unspecified atom stereocenters. The van der Waals surface area contributed by atoms with Gasteiger partial charge in [-0.15, -0.1) is 0 Å². The molecule has 0 saturated heterocycles. The molecule has 0 bridgehead atoms. The highest BCUT2D eigenvalue weighted by atomic mass is 16.5. The number of ether oxygens (including phenoxy) is 1. The monoisotopic (exact) mass is 112 g/mol. The van der Waals surface area contributed by atoms with Gasteiger partial charge in [-0.3, -0.25) is 0 Å². The van der Waals surface area contributed by atoms with Gasteiger partial charge in [0, 0.05) is 0 Å². The van der Waals surface area contributed by atoms with Crippen LogP contribution in [-0.4, -0.2) is 10.7 Å². The highest BCUT2D eigenvalue weighted by Gasteiger charge is 2.12. The Bertz CT molecular complexity index is 119. The number of rotatable bonds is 0. The van der Waals surface area contributed by atoms with Gasteiger partial charge in [-0.25, -0.2) is 0 Å². The van der Waals surface area contributed by atoms with Crippen molar-refractivity contribution in [1.29, 1.82) is 0 Å². The first-order valence-corrected chi connectivity index (χ1v) is 2.44. The summed E-state index contributed by atoms with van der Waals surface area (Å²) in [4.78, 5) is 0. The van der Waals surface area contributed by atoms with Crippen molar-refractivity contribution in [1.82, 2.24) is 0 Å². The van der Waals surface area contributed by atoms with Crippen LogP contribution in [0.15, 0.2) is 24.7 Å². The smallest absolute Gasteiger partial charge is 0.104 e. The van der Waals surface area contributed by atoms with Crippen molar-refractivity contribution in [3.8, 4) is 0 Å². The summed E-state index contributed by atoms with van der Waals surface area (Å²) in [6.07, 6.45) is 6.07. The average Bonchev–Trinajstić information content (AvgIpc) is 1.65. The first-order valence-electron chi connectivity index (χ1n) is 2.44. The van der Waals surface area contributed by atoms with Crippen LogP contribution in [0.25, 0.3) is 0 Å². The van der Waals surface area contributed by atoms with Gasteiger partial charge in [-0.2, -0.15) is 0 Å². The van der Waals surface area contributed by atoms with Gasteiger partial charge >= 0.3 is 0 Å². The van der Waals surface area contributed by atoms with Crippen molar-refractivity contribution in [3.63, 3.8) is 0 Å². The molecule has 1 aliphatic rings. The van der Waals surface area contributed by atoms with Crippen molar-refractivity contribution in [2.75, 3.05) is 0 Å². The molecule has 0 amide bonds. The fourth-order valence-electron chi connectivity index (χ4n) is 0.455. The van der Waals surface area contributed by atoms with Crippen molar-refractivity contribution in [2.45, 2.75) is 12.5 Å². The second kappa shape index (κ2) is 1.63. The van der Waals surface area contributed by atoms with E-state index < -0.39 is 5.60 Å². The van der Waals surface area contributed by atoms with Crippen molar-refractivity contribution < 1.29 is 9.84 Å². The van der Waals surface area contributed by atoms with Gasteiger partial charge in [0.1, 0.15) is 5.60 Å². The van der Waals surface area contributed by atoms with E-state index in [9.17, 15) is 0 Å². The third-order valence-electron chi connectivity index (χ3n) is 0.968. The minimum Gasteiger partial charge on any atom is -0.473 e. The molecule has 0 saturated carbocycles. The topological polar surface area (TPSA) is 29.5 Å². The Morgan fingerprint density at radius 3 is 2.12 bits per heavy atom. The molecule has 0 fully saturated rings. The normalized spacial score (nSPS) is 22.8. The van der Waals surface area contributed by atoms with E-state index in [1.807, 2.05) is 0 Å². The van der Waals surface area contributed by atoms with Crippen LogP contribution in [0.2, 0.25) is 0 Å². The van der Waals surface area contributed by atoms with E-state index in [1.165, 1.54) is 12.5 Å². The summed E-state index contributed by atoms with van der Waals surface area (Å²) in [6, 6.07) is 0. The minimum atomic E-state index is -0.807. The molecule has 1 N–H and O–H groups in total. The van der Waals surface area contributed by atoms with E-state index in [0.717, 1.165) is 0 Å². The van der Waals surface area contributed by atoms with E-state index in [2.05, 4.69) is 4.74 Å². The van der Waals surface area contributed by atoms with Crippen LogP contribution >= 0.6 is 0 Å². The summed E-state index contributed by atoms with van der Waals surface area (Å²) >= 11 is 0. The fraction of sp³-hybridized carbons (Fsp3) is 0.333. The molecule has 0 radical (unpaired) electrons. The highest BCUT2D eigenvalue weighted by molar-refractivity contribution is 5.11. The Morgan fingerprint density at radius 1 is 1.38 bits per heavy atom. The maximum absolute atomic E-state index is 9.12. The molecule has 1 heterocycles. The summed E-state index contributed by atoms with van der Waals surface area (Å²) < 4.78 is 4.68. The molecule has 0 aliphatic carbocycles. The fourth-order valence-corrected chi connectivity index (χ4v) is 0.455. The molecule has 0 spiro atoms. The van der Waals surface area contributed by atoms with Crippen molar-refractivity contribution in [2.24, 2.45) is 0 Å². The summed E-state index contributed by atoms with van der Waals surface area (Å²) in [5.41, 5.74) is -0.807. The maximum Gasteiger partial charge on any atom is 0.104 e. The van der Waals surface area contributed by atoms with E-state index >= 15 is 0 Å². The minimum absolute atomic E-state index is 0.807. The van der Waals surface area contributed by atoms with Crippen LogP contribution in [0.5, 0.6) is 0 Å². The third-order valence-corrected chi connectivity index (χ3v) is 0.968. The second-order valence-corrected chi connectivity index (χ2v) is 1.97. The van der Waals surface area contributed by atoms with Crippen molar-refractivity contribution in [3.05, 3.63) is 24.7 Å². The first kappa shape index (κ1) is 5.38. The molecule has 44 valence electrons. The molecule has 8 heavy (non-hydrogen) atoms. The molecule has 0 atom stereocenters. The van der Waals surface area contributed by atoms with Gasteiger partial charge in [0.25, 0.3) is 0 Å². The van der Waals surface area contributed by atoms with Crippen LogP contribution in [0.1, 0.15) is 6.92 Å². The van der Waals surface area contributed by atoms with Crippen LogP contribution in [0, 0.1) is 0 Å². The zero-order chi connectivity index (χ0) is 6.04. The van der Waals surface area contributed by atoms with Gasteiger partial charge in [0.15, 0.2) is 0 Å². The number of aliphatic hydroxyl groups is 1. The maximum atomic E-state index is 9.12. The zero-order valence-electron chi connectivity index (χ0n) is 4.66. The van der Waals surface area contributed by atoms with Gasteiger partial charge in [0.2, 0.25) is 0 Å². The summed E-state index contributed by atoms with van der Waals surface area (Å²) in [5, 5.41) is 9.12.